The van der Waals surface area contributed by atoms with Gasteiger partial charge in [-0.25, -0.2) is 24.1 Å². The first kappa shape index (κ1) is 20.1. The van der Waals surface area contributed by atoms with Gasteiger partial charge < -0.3 is 10.1 Å². The van der Waals surface area contributed by atoms with Crippen LogP contribution in [0.1, 0.15) is 23.6 Å². The van der Waals surface area contributed by atoms with E-state index < -0.39 is 15.9 Å². The van der Waals surface area contributed by atoms with Gasteiger partial charge in [0.15, 0.2) is 9.84 Å². The van der Waals surface area contributed by atoms with Crippen molar-refractivity contribution in [3.05, 3.63) is 53.6 Å². The van der Waals surface area contributed by atoms with Crippen LogP contribution in [0.3, 0.4) is 0 Å². The van der Waals surface area contributed by atoms with Crippen molar-refractivity contribution in [1.29, 1.82) is 0 Å². The molecule has 0 bridgehead atoms. The Labute approximate surface area is 164 Å². The number of carbonyl (C=O) groups is 1. The van der Waals surface area contributed by atoms with Gasteiger partial charge in [-0.2, -0.15) is 0 Å². The van der Waals surface area contributed by atoms with Gasteiger partial charge >= 0.3 is 6.09 Å². The van der Waals surface area contributed by atoms with Crippen LogP contribution in [-0.4, -0.2) is 34.0 Å². The Bertz CT molecular complexity index is 960. The van der Waals surface area contributed by atoms with E-state index in [1.807, 2.05) is 31.2 Å². The number of methoxy groups -OCH3 is 1. The van der Waals surface area contributed by atoms with Crippen molar-refractivity contribution >= 4 is 27.3 Å². The number of nitrogens with one attached hydrogen (secondary N) is 4. The summed E-state index contributed by atoms with van der Waals surface area (Å²) < 4.78 is 27.8. The summed E-state index contributed by atoms with van der Waals surface area (Å²) in [5.41, 5.74) is 10.0. The van der Waals surface area contributed by atoms with Crippen LogP contribution < -0.4 is 21.5 Å². The van der Waals surface area contributed by atoms with Crippen molar-refractivity contribution in [2.45, 2.75) is 30.4 Å². The largest absolute Gasteiger partial charge is 0.453 e. The van der Waals surface area contributed by atoms with Gasteiger partial charge in [0, 0.05) is 30.1 Å². The average molecular weight is 404 g/mol. The predicted molar refractivity (Wildman–Crippen MR) is 108 cm³/mol. The molecule has 4 N–H and O–H groups in total. The number of hydrazine groups is 1. The number of amides is 1. The molecule has 1 fully saturated rings. The number of rotatable bonds is 5. The summed E-state index contributed by atoms with van der Waals surface area (Å²) in [7, 11) is -1.87. The molecule has 150 valence electrons. The van der Waals surface area contributed by atoms with Crippen molar-refractivity contribution in [1.82, 2.24) is 10.9 Å². The molecular formula is C19H24N4O4S. The number of carbonyl (C=O) groups excluding carboxylic acids is 1. The van der Waals surface area contributed by atoms with Gasteiger partial charge in [-0.1, -0.05) is 12.1 Å². The number of ether oxygens (including phenoxy) is 1. The van der Waals surface area contributed by atoms with Crippen molar-refractivity contribution in [3.63, 3.8) is 0 Å². The van der Waals surface area contributed by atoms with E-state index >= 15 is 0 Å². The molecule has 1 amide bonds. The molecule has 2 atom stereocenters. The van der Waals surface area contributed by atoms with Gasteiger partial charge in [-0.05, 0) is 48.4 Å². The van der Waals surface area contributed by atoms with Crippen LogP contribution in [-0.2, 0) is 14.6 Å². The van der Waals surface area contributed by atoms with E-state index in [2.05, 4.69) is 26.2 Å². The maximum absolute atomic E-state index is 11.6. The Morgan fingerprint density at radius 2 is 1.86 bits per heavy atom. The number of sulfone groups is 1. The highest BCUT2D eigenvalue weighted by atomic mass is 32.2. The zero-order valence-corrected chi connectivity index (χ0v) is 16.8. The van der Waals surface area contributed by atoms with Crippen molar-refractivity contribution < 1.29 is 17.9 Å². The minimum atomic E-state index is -3.19. The first-order valence-corrected chi connectivity index (χ1v) is 10.7. The van der Waals surface area contributed by atoms with Gasteiger partial charge in [0.25, 0.3) is 0 Å². The lowest BCUT2D eigenvalue weighted by Crippen LogP contribution is -2.36. The molecule has 9 heteroatoms. The Kier molecular flexibility index (Phi) is 5.87. The fourth-order valence-electron chi connectivity index (χ4n) is 3.08. The standard InChI is InChI=1S/C19H24N4O4S/c1-12-10-14(20-19(24)27-2)6-9-16(12)21-18-11-17(22-23-18)13-4-7-15(8-5-13)28(3,25)26/h4-10,17-18,21-23H,11H2,1-3H3,(H,20,24). The van der Waals surface area contributed by atoms with Crippen LogP contribution in [0.15, 0.2) is 47.4 Å². The van der Waals surface area contributed by atoms with E-state index in [1.54, 1.807) is 18.2 Å². The summed E-state index contributed by atoms with van der Waals surface area (Å²) >= 11 is 0. The molecular weight excluding hydrogens is 380 g/mol. The normalized spacial score (nSPS) is 19.2. The Morgan fingerprint density at radius 3 is 2.46 bits per heavy atom. The summed E-state index contributed by atoms with van der Waals surface area (Å²) in [6.07, 6.45) is 1.47. The fourth-order valence-corrected chi connectivity index (χ4v) is 3.71. The molecule has 2 aromatic rings. The molecule has 0 aromatic heterocycles. The zero-order chi connectivity index (χ0) is 20.3. The molecule has 28 heavy (non-hydrogen) atoms. The van der Waals surface area contributed by atoms with E-state index in [0.717, 1.165) is 23.2 Å². The second kappa shape index (κ2) is 8.17. The summed E-state index contributed by atoms with van der Waals surface area (Å²) in [6.45, 7) is 1.95. The lowest BCUT2D eigenvalue weighted by atomic mass is 10.0. The Balaban J connectivity index is 1.62. The molecule has 2 unspecified atom stereocenters. The maximum Gasteiger partial charge on any atom is 0.411 e. The minimum Gasteiger partial charge on any atom is -0.453 e. The number of benzene rings is 2. The molecule has 1 aliphatic heterocycles. The predicted octanol–water partition coefficient (Wildman–Crippen LogP) is 2.55. The summed E-state index contributed by atoms with van der Waals surface area (Å²) in [5.74, 6) is 0. The fraction of sp³-hybridized carbons (Fsp3) is 0.316. The molecule has 1 saturated heterocycles. The molecule has 0 radical (unpaired) electrons. The van der Waals surface area contributed by atoms with Crippen LogP contribution in [0, 0.1) is 6.92 Å². The highest BCUT2D eigenvalue weighted by Gasteiger charge is 2.25. The van der Waals surface area contributed by atoms with Crippen LogP contribution in [0.4, 0.5) is 16.2 Å². The molecule has 3 rings (SSSR count). The second-order valence-electron chi connectivity index (χ2n) is 6.76. The quantitative estimate of drug-likeness (QED) is 0.606. The molecule has 0 saturated carbocycles. The third-order valence-electron chi connectivity index (χ3n) is 4.60. The summed E-state index contributed by atoms with van der Waals surface area (Å²) in [6, 6.07) is 12.5. The van der Waals surface area contributed by atoms with Gasteiger partial charge in [-0.3, -0.25) is 5.32 Å². The number of aryl methyl sites for hydroxylation is 1. The van der Waals surface area contributed by atoms with Crippen molar-refractivity contribution in [2.75, 3.05) is 24.0 Å². The Morgan fingerprint density at radius 1 is 1.14 bits per heavy atom. The summed E-state index contributed by atoms with van der Waals surface area (Å²) in [4.78, 5) is 11.6. The highest BCUT2D eigenvalue weighted by Crippen LogP contribution is 2.26. The number of hydrogen-bond donors (Lipinski definition) is 4. The Hall–Kier alpha value is -2.62. The van der Waals surface area contributed by atoms with Crippen LogP contribution in [0.2, 0.25) is 0 Å². The van der Waals surface area contributed by atoms with Crippen molar-refractivity contribution in [3.8, 4) is 0 Å². The molecule has 8 nitrogen and oxygen atoms in total. The van der Waals surface area contributed by atoms with Gasteiger partial charge in [-0.15, -0.1) is 0 Å². The topological polar surface area (TPSA) is 109 Å². The van der Waals surface area contributed by atoms with Crippen LogP contribution >= 0.6 is 0 Å². The number of hydrogen-bond acceptors (Lipinski definition) is 7. The van der Waals surface area contributed by atoms with Crippen LogP contribution in [0.5, 0.6) is 0 Å². The zero-order valence-electron chi connectivity index (χ0n) is 15.9. The highest BCUT2D eigenvalue weighted by molar-refractivity contribution is 7.90. The minimum absolute atomic E-state index is 0.00213. The third-order valence-corrected chi connectivity index (χ3v) is 5.73. The number of anilines is 2. The first-order valence-electron chi connectivity index (χ1n) is 8.79. The van der Waals surface area contributed by atoms with Gasteiger partial charge in [0.1, 0.15) is 0 Å². The van der Waals surface area contributed by atoms with E-state index in [4.69, 9.17) is 0 Å². The van der Waals surface area contributed by atoms with E-state index in [1.165, 1.54) is 13.4 Å². The first-order chi connectivity index (χ1) is 13.3. The lowest BCUT2D eigenvalue weighted by Gasteiger charge is -2.16. The maximum atomic E-state index is 11.6. The average Bonchev–Trinajstić information content (AvgIpc) is 3.12. The molecule has 2 aromatic carbocycles. The van der Waals surface area contributed by atoms with Crippen molar-refractivity contribution in [2.24, 2.45) is 0 Å². The molecule has 1 heterocycles. The van der Waals surface area contributed by atoms with E-state index in [0.29, 0.717) is 10.6 Å². The summed E-state index contributed by atoms with van der Waals surface area (Å²) in [5, 5.41) is 6.06. The third kappa shape index (κ3) is 4.80. The van der Waals surface area contributed by atoms with E-state index in [-0.39, 0.29) is 12.2 Å². The monoisotopic (exact) mass is 404 g/mol. The SMILES string of the molecule is COC(=O)Nc1ccc(NC2CC(c3ccc(S(C)(=O)=O)cc3)NN2)c(C)c1. The lowest BCUT2D eigenvalue weighted by molar-refractivity contribution is 0.187. The van der Waals surface area contributed by atoms with Crippen LogP contribution in [0.25, 0.3) is 0 Å². The van der Waals surface area contributed by atoms with Gasteiger partial charge in [0.2, 0.25) is 0 Å². The smallest absolute Gasteiger partial charge is 0.411 e. The molecule has 0 spiro atoms. The second-order valence-corrected chi connectivity index (χ2v) is 8.78. The van der Waals surface area contributed by atoms with E-state index in [9.17, 15) is 13.2 Å². The van der Waals surface area contributed by atoms with Gasteiger partial charge in [0.05, 0.1) is 18.2 Å². The molecule has 1 aliphatic rings. The molecule has 0 aliphatic carbocycles.